The third-order valence-corrected chi connectivity index (χ3v) is 4.46. The molecule has 0 aliphatic heterocycles. The van der Waals surface area contributed by atoms with Crippen molar-refractivity contribution in [2.75, 3.05) is 0 Å². The van der Waals surface area contributed by atoms with Crippen molar-refractivity contribution in [1.29, 1.82) is 0 Å². The third-order valence-electron chi connectivity index (χ3n) is 4.46. The largest absolute Gasteiger partial charge is 0.484 e. The molecule has 30 heavy (non-hydrogen) atoms. The lowest BCUT2D eigenvalue weighted by Crippen LogP contribution is -2.11. The number of nitrogens with zero attached hydrogens (tertiary/aromatic N) is 4. The van der Waals surface area contributed by atoms with Gasteiger partial charge in [0.1, 0.15) is 17.1 Å². The highest BCUT2D eigenvalue weighted by atomic mass is 16.5. The molecule has 0 amide bonds. The first kappa shape index (κ1) is 19.4. The number of esters is 1. The smallest absolute Gasteiger partial charge is 0.347 e. The molecule has 152 valence electrons. The number of carbonyl (C=O) groups is 1. The van der Waals surface area contributed by atoms with E-state index in [-0.39, 0.29) is 6.61 Å². The monoisotopic (exact) mass is 404 g/mol. The molecule has 0 bridgehead atoms. The summed E-state index contributed by atoms with van der Waals surface area (Å²) in [7, 11) is 0. The van der Waals surface area contributed by atoms with Gasteiger partial charge in [0.05, 0.1) is 18.4 Å². The van der Waals surface area contributed by atoms with Crippen LogP contribution in [0.2, 0.25) is 0 Å². The molecule has 0 spiro atoms. The van der Waals surface area contributed by atoms with E-state index >= 15 is 0 Å². The zero-order valence-electron chi connectivity index (χ0n) is 16.6. The minimum atomic E-state index is -0.457. The number of aryl methyl sites for hydroxylation is 1. The van der Waals surface area contributed by atoms with Gasteiger partial charge in [-0.15, -0.1) is 0 Å². The second-order valence-electron chi connectivity index (χ2n) is 6.67. The minimum absolute atomic E-state index is 0.166. The van der Waals surface area contributed by atoms with Crippen molar-refractivity contribution >= 4 is 5.97 Å². The fraction of sp³-hybridized carbons (Fsp3) is 0.182. The molecule has 8 heteroatoms. The lowest BCUT2D eigenvalue weighted by atomic mass is 10.2. The molecule has 0 radical (unpaired) electrons. The summed E-state index contributed by atoms with van der Waals surface area (Å²) in [5.41, 5.74) is 2.28. The van der Waals surface area contributed by atoms with Crippen LogP contribution in [0.25, 0.3) is 0 Å². The van der Waals surface area contributed by atoms with Gasteiger partial charge in [-0.3, -0.25) is 4.68 Å². The van der Waals surface area contributed by atoms with Gasteiger partial charge in [-0.1, -0.05) is 35.5 Å². The van der Waals surface area contributed by atoms with Crippen LogP contribution in [-0.4, -0.2) is 25.9 Å². The number of aromatic nitrogens is 4. The Balaban J connectivity index is 1.36. The molecule has 0 fully saturated rings. The van der Waals surface area contributed by atoms with Crippen LogP contribution in [0.5, 0.6) is 11.5 Å². The summed E-state index contributed by atoms with van der Waals surface area (Å²) in [5, 5.41) is 8.02. The van der Waals surface area contributed by atoms with Crippen molar-refractivity contribution in [2.24, 2.45) is 0 Å². The molecular formula is C22H20N4O4. The van der Waals surface area contributed by atoms with Gasteiger partial charge in [0.25, 0.3) is 5.89 Å². The van der Waals surface area contributed by atoms with Crippen molar-refractivity contribution in [3.8, 4) is 11.5 Å². The molecule has 0 atom stereocenters. The Hall–Kier alpha value is -3.94. The summed E-state index contributed by atoms with van der Waals surface area (Å²) >= 11 is 0. The molecule has 0 aliphatic carbocycles. The van der Waals surface area contributed by atoms with Crippen LogP contribution in [0.3, 0.4) is 0 Å². The van der Waals surface area contributed by atoms with Gasteiger partial charge in [-0.25, -0.2) is 4.79 Å². The van der Waals surface area contributed by atoms with Gasteiger partial charge in [0, 0.05) is 0 Å². The molecular weight excluding hydrogens is 384 g/mol. The van der Waals surface area contributed by atoms with E-state index in [2.05, 4.69) is 15.2 Å². The van der Waals surface area contributed by atoms with Crippen molar-refractivity contribution in [3.63, 3.8) is 0 Å². The van der Waals surface area contributed by atoms with Crippen molar-refractivity contribution < 1.29 is 18.8 Å². The number of carbonyl (C=O) groups excluding carboxylic acids is 1. The number of hydrogen-bond acceptors (Lipinski definition) is 7. The first-order chi connectivity index (χ1) is 14.6. The van der Waals surface area contributed by atoms with Crippen LogP contribution in [0.4, 0.5) is 0 Å². The van der Waals surface area contributed by atoms with E-state index in [1.807, 2.05) is 37.3 Å². The Morgan fingerprint density at radius 3 is 2.47 bits per heavy atom. The minimum Gasteiger partial charge on any atom is -0.484 e. The molecule has 2 heterocycles. The molecule has 0 N–H and O–H groups in total. The SMILES string of the molecule is Cc1noc(COc2ccc(OC(=O)c3cnn(Cc4ccccc4)c3C)cc2)n1. The quantitative estimate of drug-likeness (QED) is 0.342. The summed E-state index contributed by atoms with van der Waals surface area (Å²) in [4.78, 5) is 16.6. The summed E-state index contributed by atoms with van der Waals surface area (Å²) in [6.07, 6.45) is 1.53. The van der Waals surface area contributed by atoms with E-state index in [4.69, 9.17) is 14.0 Å². The molecule has 8 nitrogen and oxygen atoms in total. The van der Waals surface area contributed by atoms with Crippen LogP contribution < -0.4 is 9.47 Å². The summed E-state index contributed by atoms with van der Waals surface area (Å²) in [5.74, 6) is 1.50. The Morgan fingerprint density at radius 1 is 1.03 bits per heavy atom. The Morgan fingerprint density at radius 2 is 1.77 bits per heavy atom. The lowest BCUT2D eigenvalue weighted by molar-refractivity contribution is 0.0733. The van der Waals surface area contributed by atoms with Gasteiger partial charge >= 0.3 is 5.97 Å². The number of benzene rings is 2. The molecule has 4 rings (SSSR count). The molecule has 0 unspecified atom stereocenters. The maximum Gasteiger partial charge on any atom is 0.347 e. The maximum atomic E-state index is 12.6. The van der Waals surface area contributed by atoms with E-state index in [0.717, 1.165) is 11.3 Å². The second-order valence-corrected chi connectivity index (χ2v) is 6.67. The van der Waals surface area contributed by atoms with Gasteiger partial charge < -0.3 is 14.0 Å². The summed E-state index contributed by atoms with van der Waals surface area (Å²) in [6.45, 7) is 4.34. The highest BCUT2D eigenvalue weighted by Crippen LogP contribution is 2.20. The number of rotatable bonds is 7. The fourth-order valence-corrected chi connectivity index (χ4v) is 2.87. The van der Waals surface area contributed by atoms with E-state index in [1.165, 1.54) is 6.20 Å². The van der Waals surface area contributed by atoms with Gasteiger partial charge in [0.2, 0.25) is 0 Å². The van der Waals surface area contributed by atoms with E-state index < -0.39 is 5.97 Å². The molecule has 0 saturated carbocycles. The predicted octanol–water partition coefficient (Wildman–Crippen LogP) is 3.73. The lowest BCUT2D eigenvalue weighted by Gasteiger charge is -2.07. The molecule has 2 aromatic heterocycles. The van der Waals surface area contributed by atoms with Crippen LogP contribution in [0.15, 0.2) is 65.3 Å². The number of ether oxygens (including phenoxy) is 2. The van der Waals surface area contributed by atoms with Crippen LogP contribution in [-0.2, 0) is 13.2 Å². The van der Waals surface area contributed by atoms with E-state index in [9.17, 15) is 4.79 Å². The van der Waals surface area contributed by atoms with Crippen LogP contribution >= 0.6 is 0 Å². The van der Waals surface area contributed by atoms with E-state index in [0.29, 0.717) is 35.3 Å². The zero-order valence-corrected chi connectivity index (χ0v) is 16.6. The van der Waals surface area contributed by atoms with Gasteiger partial charge in [-0.2, -0.15) is 10.1 Å². The Labute approximate surface area is 173 Å². The van der Waals surface area contributed by atoms with Crippen molar-refractivity contribution in [3.05, 3.63) is 89.3 Å². The van der Waals surface area contributed by atoms with Crippen molar-refractivity contribution in [2.45, 2.75) is 27.0 Å². The maximum absolute atomic E-state index is 12.6. The highest BCUT2D eigenvalue weighted by molar-refractivity contribution is 5.91. The first-order valence-electron chi connectivity index (χ1n) is 9.39. The standard InChI is InChI=1S/C22H20N4O4/c1-15-20(12-23-26(15)13-17-6-4-3-5-7-17)22(27)29-19-10-8-18(9-11-19)28-14-21-24-16(2)25-30-21/h3-12H,13-14H2,1-2H3. The topological polar surface area (TPSA) is 92.3 Å². The Kier molecular flexibility index (Phi) is 5.56. The first-order valence-corrected chi connectivity index (χ1v) is 9.39. The highest BCUT2D eigenvalue weighted by Gasteiger charge is 2.17. The normalized spacial score (nSPS) is 10.7. The zero-order chi connectivity index (χ0) is 20.9. The average Bonchev–Trinajstić information content (AvgIpc) is 3.34. The molecule has 4 aromatic rings. The Bertz CT molecular complexity index is 1130. The molecule has 0 aliphatic rings. The molecule has 0 saturated heterocycles. The van der Waals surface area contributed by atoms with Crippen LogP contribution in [0.1, 0.15) is 33.3 Å². The van der Waals surface area contributed by atoms with Crippen molar-refractivity contribution in [1.82, 2.24) is 19.9 Å². The summed E-state index contributed by atoms with van der Waals surface area (Å²) < 4.78 is 17.8. The molecule has 2 aromatic carbocycles. The second kappa shape index (κ2) is 8.60. The fourth-order valence-electron chi connectivity index (χ4n) is 2.87. The summed E-state index contributed by atoms with van der Waals surface area (Å²) in [6, 6.07) is 16.7. The van der Waals surface area contributed by atoms with E-state index in [1.54, 1.807) is 35.9 Å². The third kappa shape index (κ3) is 4.54. The van der Waals surface area contributed by atoms with Gasteiger partial charge in [0.15, 0.2) is 12.4 Å². The number of hydrogen-bond donors (Lipinski definition) is 0. The van der Waals surface area contributed by atoms with Crippen LogP contribution in [0, 0.1) is 13.8 Å². The average molecular weight is 404 g/mol. The van der Waals surface area contributed by atoms with Gasteiger partial charge in [-0.05, 0) is 43.7 Å². The predicted molar refractivity (Wildman–Crippen MR) is 107 cm³/mol.